The normalized spacial score (nSPS) is 46.2. The van der Waals surface area contributed by atoms with Gasteiger partial charge in [-0.25, -0.2) is 0 Å². The number of aliphatic hydroxyl groups excluding tert-OH is 10. The van der Waals surface area contributed by atoms with Gasteiger partial charge in [0, 0.05) is 32.2 Å². The van der Waals surface area contributed by atoms with Crippen LogP contribution in [-0.2, 0) is 33.2 Å². The molecule has 0 bridgehead atoms. The first-order valence-corrected chi connectivity index (χ1v) is 17.4. The van der Waals surface area contributed by atoms with Crippen LogP contribution < -0.4 is 39.3 Å². The largest absolute Gasteiger partial charge is 0.395 e. The predicted octanol–water partition coefficient (Wildman–Crippen LogP) is -11.4. The van der Waals surface area contributed by atoms with Crippen molar-refractivity contribution in [3.8, 4) is 0 Å². The number of hydrogen-bond donors (Lipinski definition) is 17. The van der Waals surface area contributed by atoms with Gasteiger partial charge in [0.05, 0.1) is 31.3 Å². The van der Waals surface area contributed by atoms with Gasteiger partial charge in [-0.1, -0.05) is 0 Å². The summed E-state index contributed by atoms with van der Waals surface area (Å²) in [5, 5.41) is 109. The van der Waals surface area contributed by atoms with Gasteiger partial charge >= 0.3 is 0 Å². The molecule has 0 aromatic heterocycles. The fraction of sp³-hybridized carbons (Fsp3) is 0.966. The van der Waals surface area contributed by atoms with E-state index in [2.05, 4.69) is 10.6 Å². The Balaban J connectivity index is 1.58. The number of rotatable bonds is 16. The lowest BCUT2D eigenvalue weighted by Crippen LogP contribution is -2.69. The molecule has 310 valence electrons. The molecule has 3 aliphatic heterocycles. The molecular weight excluding hydrogens is 718 g/mol. The second-order valence-electron chi connectivity index (χ2n) is 13.6. The highest BCUT2D eigenvalue weighted by molar-refractivity contribution is 5.81. The van der Waals surface area contributed by atoms with E-state index < -0.39 is 148 Å². The van der Waals surface area contributed by atoms with Crippen molar-refractivity contribution in [1.82, 2.24) is 10.6 Å². The van der Waals surface area contributed by atoms with Gasteiger partial charge in [0.25, 0.3) is 5.91 Å². The van der Waals surface area contributed by atoms with E-state index in [9.17, 15) is 50.8 Å². The lowest BCUT2D eigenvalue weighted by Gasteiger charge is -2.48. The molecule has 22 N–H and O–H groups in total. The molecule has 4 aliphatic rings. The van der Waals surface area contributed by atoms with Gasteiger partial charge in [-0.05, 0) is 6.42 Å². The Labute approximate surface area is 304 Å². The van der Waals surface area contributed by atoms with E-state index in [1.807, 2.05) is 0 Å². The molecule has 24 nitrogen and oxygen atoms in total. The molecule has 3 heterocycles. The summed E-state index contributed by atoms with van der Waals surface area (Å²) >= 11 is 0. The summed E-state index contributed by atoms with van der Waals surface area (Å²) in [6, 6.07) is -5.13. The number of hydrogen-bond acceptors (Lipinski definition) is 23. The maximum absolute atomic E-state index is 12.8. The molecule has 1 saturated carbocycles. The molecule has 0 radical (unpaired) electrons. The highest BCUT2D eigenvalue weighted by atomic mass is 16.8. The van der Waals surface area contributed by atoms with Crippen LogP contribution in [0.2, 0.25) is 0 Å². The van der Waals surface area contributed by atoms with Crippen LogP contribution in [0.1, 0.15) is 6.42 Å². The summed E-state index contributed by atoms with van der Waals surface area (Å²) in [5.41, 5.74) is 29.7. The van der Waals surface area contributed by atoms with Crippen molar-refractivity contribution in [2.24, 2.45) is 28.7 Å². The maximum Gasteiger partial charge on any atom is 0.251 e. The average Bonchev–Trinajstić information content (AvgIpc) is 3.44. The van der Waals surface area contributed by atoms with Crippen LogP contribution in [0.25, 0.3) is 0 Å². The van der Waals surface area contributed by atoms with Crippen molar-refractivity contribution in [2.75, 3.05) is 39.4 Å². The highest BCUT2D eigenvalue weighted by Crippen LogP contribution is 2.34. The number of carbonyl (C=O) groups excluding carboxylic acids is 1. The molecule has 24 heteroatoms. The molecule has 1 amide bonds. The summed E-state index contributed by atoms with van der Waals surface area (Å²) < 4.78 is 35.2. The number of ether oxygens (including phenoxy) is 6. The zero-order valence-corrected chi connectivity index (χ0v) is 28.8. The van der Waals surface area contributed by atoms with Gasteiger partial charge in [-0.3, -0.25) is 4.79 Å². The Morgan fingerprint density at radius 3 is 1.83 bits per heavy atom. The summed E-state index contributed by atoms with van der Waals surface area (Å²) in [4.78, 5) is 12.8. The third-order valence-electron chi connectivity index (χ3n) is 9.93. The quantitative estimate of drug-likeness (QED) is 0.0647. The van der Waals surface area contributed by atoms with Gasteiger partial charge in [0.2, 0.25) is 0 Å². The van der Waals surface area contributed by atoms with E-state index in [4.69, 9.17) is 62.2 Å². The fourth-order valence-electron chi connectivity index (χ4n) is 6.72. The lowest BCUT2D eigenvalue weighted by atomic mass is 9.83. The van der Waals surface area contributed by atoms with Crippen LogP contribution in [0.5, 0.6) is 0 Å². The van der Waals surface area contributed by atoms with Crippen LogP contribution in [0, 0.1) is 0 Å². The van der Waals surface area contributed by atoms with Crippen LogP contribution in [0.4, 0.5) is 0 Å². The number of nitrogens with one attached hydrogen (secondary N) is 2. The summed E-state index contributed by atoms with van der Waals surface area (Å²) in [6.45, 7) is -1.57. The van der Waals surface area contributed by atoms with Crippen molar-refractivity contribution in [2.45, 2.75) is 135 Å². The molecule has 3 saturated heterocycles. The monoisotopic (exact) mass is 775 g/mol. The van der Waals surface area contributed by atoms with Crippen LogP contribution >= 0.6 is 0 Å². The first kappa shape index (κ1) is 44.3. The Hall–Kier alpha value is -1.41. The molecule has 1 aliphatic carbocycles. The SMILES string of the molecule is NC[C@@H]1O[C@H](O[C@H]2[C@@H](O)[C@H](O[C@@H]3[C@@H](O)[C@H](NC(=O)[C@@H](O)[C@@H](O)CN)C[C@H](N)[C@H]3O[C@H]3O[C@H](CNCCO)[C@@H](O)[C@H](O)[C@H]3N)O[C@@H]2CO)[C@H](N)[C@@H](O)[C@@H]1O. The van der Waals surface area contributed by atoms with Crippen molar-refractivity contribution >= 4 is 5.91 Å². The molecule has 0 spiro atoms. The minimum atomic E-state index is -1.98. The number of carbonyl (C=O) groups is 1. The standard InChI is InChI=1S/C29H57N7O17/c30-4-10(39)17(41)26(47)36-9-3-8(32)23(51-28-15(34)21(45)19(43)12(49-28)6-35-1-2-37)25(16(9)40)53-29-22(46)24(13(7-38)50-29)52-27-14(33)20(44)18(42)11(5-31)48-27/h8-25,27-29,35,37-46H,1-7,30-34H2,(H,36,47)/t8-,9+,10-,11-,12+,13+,14+,15+,16-,17-,18+,19+,20+,21+,22+,23+,24+,25+,27+,28+,29-/m0/s1. The molecule has 4 fully saturated rings. The van der Waals surface area contributed by atoms with E-state index in [1.165, 1.54) is 0 Å². The van der Waals surface area contributed by atoms with E-state index in [-0.39, 0.29) is 32.7 Å². The first-order valence-electron chi connectivity index (χ1n) is 17.4. The number of nitrogens with two attached hydrogens (primary N) is 5. The summed E-state index contributed by atoms with van der Waals surface area (Å²) in [5.74, 6) is -1.11. The minimum absolute atomic E-state index is 0.0435. The van der Waals surface area contributed by atoms with Crippen molar-refractivity contribution < 1.29 is 84.3 Å². The third-order valence-corrected chi connectivity index (χ3v) is 9.93. The molecule has 4 rings (SSSR count). The maximum atomic E-state index is 12.8. The predicted molar refractivity (Wildman–Crippen MR) is 174 cm³/mol. The van der Waals surface area contributed by atoms with Gasteiger partial charge in [0.15, 0.2) is 25.0 Å². The van der Waals surface area contributed by atoms with Gasteiger partial charge in [0.1, 0.15) is 79.4 Å². The fourth-order valence-corrected chi connectivity index (χ4v) is 6.72. The number of amides is 1. The Morgan fingerprint density at radius 1 is 0.717 bits per heavy atom. The van der Waals surface area contributed by atoms with Crippen LogP contribution in [0.15, 0.2) is 0 Å². The molecular formula is C29H57N7O17. The Bertz CT molecular complexity index is 1140. The van der Waals surface area contributed by atoms with Crippen molar-refractivity contribution in [3.63, 3.8) is 0 Å². The Kier molecular flexibility index (Phi) is 16.4. The lowest BCUT2D eigenvalue weighted by molar-refractivity contribution is -0.308. The topological polar surface area (TPSA) is 429 Å². The smallest absolute Gasteiger partial charge is 0.251 e. The number of aliphatic hydroxyl groups is 10. The van der Waals surface area contributed by atoms with E-state index in [1.54, 1.807) is 0 Å². The zero-order valence-electron chi connectivity index (χ0n) is 28.8. The second kappa shape index (κ2) is 19.6. The van der Waals surface area contributed by atoms with Crippen molar-refractivity contribution in [3.05, 3.63) is 0 Å². The second-order valence-corrected chi connectivity index (χ2v) is 13.6. The van der Waals surface area contributed by atoms with E-state index in [0.29, 0.717) is 0 Å². The minimum Gasteiger partial charge on any atom is -0.395 e. The average molecular weight is 776 g/mol. The van der Waals surface area contributed by atoms with Crippen LogP contribution in [-0.4, -0.2) is 225 Å². The zero-order chi connectivity index (χ0) is 39.3. The van der Waals surface area contributed by atoms with Crippen molar-refractivity contribution in [1.29, 1.82) is 0 Å². The Morgan fingerprint density at radius 2 is 1.26 bits per heavy atom. The van der Waals surface area contributed by atoms with E-state index >= 15 is 0 Å². The summed E-state index contributed by atoms with van der Waals surface area (Å²) in [7, 11) is 0. The molecule has 21 atom stereocenters. The molecule has 0 aromatic rings. The first-order chi connectivity index (χ1) is 25.1. The van der Waals surface area contributed by atoms with Gasteiger partial charge in [-0.15, -0.1) is 0 Å². The highest BCUT2D eigenvalue weighted by Gasteiger charge is 2.55. The van der Waals surface area contributed by atoms with E-state index in [0.717, 1.165) is 0 Å². The molecule has 53 heavy (non-hydrogen) atoms. The molecule has 0 aromatic carbocycles. The summed E-state index contributed by atoms with van der Waals surface area (Å²) in [6.07, 6.45) is -26.1. The van der Waals surface area contributed by atoms with Crippen LogP contribution in [0.3, 0.4) is 0 Å². The third kappa shape index (κ3) is 9.95. The molecule has 0 unspecified atom stereocenters. The van der Waals surface area contributed by atoms with Gasteiger partial charge in [-0.2, -0.15) is 0 Å². The van der Waals surface area contributed by atoms with Gasteiger partial charge < -0.3 is 119 Å².